The maximum absolute atomic E-state index is 5.46. The highest BCUT2D eigenvalue weighted by Gasteiger charge is 2.17. The minimum atomic E-state index is 0.381. The van der Waals surface area contributed by atoms with Crippen molar-refractivity contribution in [2.24, 2.45) is 0 Å². The van der Waals surface area contributed by atoms with Crippen LogP contribution in [0.1, 0.15) is 56.9 Å². The first-order chi connectivity index (χ1) is 17.0. The molecule has 1 saturated heterocycles. The molecule has 3 aromatic rings. The normalized spacial score (nSPS) is 14.3. The monoisotopic (exact) mass is 481 g/mol. The predicted octanol–water partition coefficient (Wildman–Crippen LogP) is 5.41. The molecular formula is C28H43N5O2. The molecule has 3 aromatic heterocycles. The van der Waals surface area contributed by atoms with Gasteiger partial charge in [-0.1, -0.05) is 27.7 Å². The molecule has 1 aliphatic heterocycles. The number of pyridine rings is 2. The molecule has 1 aliphatic rings. The summed E-state index contributed by atoms with van der Waals surface area (Å²) in [6.07, 6.45) is 4.08. The van der Waals surface area contributed by atoms with Crippen molar-refractivity contribution < 1.29 is 9.47 Å². The van der Waals surface area contributed by atoms with Crippen LogP contribution in [0.15, 0.2) is 24.4 Å². The van der Waals surface area contributed by atoms with E-state index >= 15 is 0 Å². The number of hydrogen-bond acceptors (Lipinski definition) is 6. The first kappa shape index (κ1) is 27.1. The molecule has 192 valence electrons. The number of aromatic amines is 1. The van der Waals surface area contributed by atoms with E-state index in [-0.39, 0.29) is 0 Å². The van der Waals surface area contributed by atoms with Crippen molar-refractivity contribution >= 4 is 16.9 Å². The molecule has 0 radical (unpaired) electrons. The van der Waals surface area contributed by atoms with E-state index in [2.05, 4.69) is 68.0 Å². The number of fused-ring (bicyclic) bond motifs is 1. The Morgan fingerprint density at radius 1 is 1.17 bits per heavy atom. The number of nitrogens with one attached hydrogen (secondary N) is 2. The summed E-state index contributed by atoms with van der Waals surface area (Å²) in [6.45, 7) is 17.1. The Hall–Kier alpha value is -2.48. The molecule has 1 fully saturated rings. The molecule has 35 heavy (non-hydrogen) atoms. The van der Waals surface area contributed by atoms with Gasteiger partial charge in [0.2, 0.25) is 0 Å². The van der Waals surface area contributed by atoms with Crippen LogP contribution in [0.5, 0.6) is 0 Å². The van der Waals surface area contributed by atoms with Crippen molar-refractivity contribution in [1.82, 2.24) is 19.9 Å². The molecule has 7 nitrogen and oxygen atoms in total. The Labute approximate surface area is 210 Å². The lowest BCUT2D eigenvalue weighted by atomic mass is 10.0. The van der Waals surface area contributed by atoms with Gasteiger partial charge in [-0.2, -0.15) is 0 Å². The van der Waals surface area contributed by atoms with E-state index in [9.17, 15) is 0 Å². The molecular weight excluding hydrogens is 438 g/mol. The van der Waals surface area contributed by atoms with Crippen molar-refractivity contribution in [2.45, 2.75) is 53.4 Å². The van der Waals surface area contributed by atoms with Crippen LogP contribution in [0.3, 0.4) is 0 Å². The Morgan fingerprint density at radius 2 is 1.94 bits per heavy atom. The summed E-state index contributed by atoms with van der Waals surface area (Å²) in [4.78, 5) is 15.8. The van der Waals surface area contributed by atoms with E-state index < -0.39 is 0 Å². The van der Waals surface area contributed by atoms with Crippen LogP contribution in [0, 0.1) is 6.92 Å². The smallest absolute Gasteiger partial charge is 0.135 e. The maximum Gasteiger partial charge on any atom is 0.135 e. The predicted molar refractivity (Wildman–Crippen MR) is 145 cm³/mol. The molecule has 0 amide bonds. The molecule has 4 rings (SSSR count). The van der Waals surface area contributed by atoms with Gasteiger partial charge in [0.05, 0.1) is 29.9 Å². The number of aryl methyl sites for hydroxylation is 2. The van der Waals surface area contributed by atoms with Crippen molar-refractivity contribution in [3.8, 4) is 11.3 Å². The third-order valence-corrected chi connectivity index (χ3v) is 6.30. The van der Waals surface area contributed by atoms with Crippen LogP contribution in [0.2, 0.25) is 0 Å². The van der Waals surface area contributed by atoms with E-state index in [1.165, 1.54) is 11.1 Å². The second-order valence-electron chi connectivity index (χ2n) is 9.38. The van der Waals surface area contributed by atoms with E-state index in [4.69, 9.17) is 19.4 Å². The van der Waals surface area contributed by atoms with Gasteiger partial charge in [-0.25, -0.2) is 9.97 Å². The maximum atomic E-state index is 5.46. The largest absolute Gasteiger partial charge is 0.385 e. The standard InChI is InChI=1S/C24H33N5O.C4H10O/c1-5-18-14-21-22(17(4)15-26-21)28-23(18)19-6-7-20(16(2)3)27-24(19)25-8-9-29-10-12-30-13-11-29;1-3-4-5-2/h6-7,14-16,26H,5,8-13H2,1-4H3,(H,25,27);3-4H2,1-2H3. The summed E-state index contributed by atoms with van der Waals surface area (Å²) in [5, 5.41) is 3.62. The van der Waals surface area contributed by atoms with Gasteiger partial charge in [0, 0.05) is 57.3 Å². The number of aromatic nitrogens is 3. The van der Waals surface area contributed by atoms with Crippen molar-refractivity contribution in [3.63, 3.8) is 0 Å². The van der Waals surface area contributed by atoms with Crippen LogP contribution in [0.25, 0.3) is 22.3 Å². The molecule has 0 aromatic carbocycles. The average molecular weight is 482 g/mol. The van der Waals surface area contributed by atoms with Gasteiger partial charge in [0.25, 0.3) is 0 Å². The van der Waals surface area contributed by atoms with Crippen molar-refractivity contribution in [1.29, 1.82) is 0 Å². The number of rotatable bonds is 9. The zero-order chi connectivity index (χ0) is 25.2. The topological polar surface area (TPSA) is 75.3 Å². The quantitative estimate of drug-likeness (QED) is 0.426. The molecule has 0 atom stereocenters. The third-order valence-electron chi connectivity index (χ3n) is 6.30. The summed E-state index contributed by atoms with van der Waals surface area (Å²) < 4.78 is 10.2. The minimum absolute atomic E-state index is 0.381. The van der Waals surface area contributed by atoms with Crippen LogP contribution >= 0.6 is 0 Å². The zero-order valence-corrected chi connectivity index (χ0v) is 22.4. The average Bonchev–Trinajstić information content (AvgIpc) is 3.24. The number of methoxy groups -OCH3 is 1. The summed E-state index contributed by atoms with van der Waals surface area (Å²) in [6, 6.07) is 6.57. The molecule has 4 heterocycles. The second kappa shape index (κ2) is 13.6. The van der Waals surface area contributed by atoms with E-state index in [0.717, 1.165) is 92.6 Å². The molecule has 0 saturated carbocycles. The number of morpholine rings is 1. The second-order valence-corrected chi connectivity index (χ2v) is 9.38. The molecule has 0 aliphatic carbocycles. The first-order valence-electron chi connectivity index (χ1n) is 13.0. The summed E-state index contributed by atoms with van der Waals surface area (Å²) in [5.41, 5.74) is 7.76. The molecule has 0 spiro atoms. The molecule has 2 N–H and O–H groups in total. The van der Waals surface area contributed by atoms with Gasteiger partial charge in [0.15, 0.2) is 0 Å². The van der Waals surface area contributed by atoms with Gasteiger partial charge < -0.3 is 19.8 Å². The molecule has 0 bridgehead atoms. The lowest BCUT2D eigenvalue weighted by molar-refractivity contribution is 0.0398. The van der Waals surface area contributed by atoms with Crippen molar-refractivity contribution in [2.75, 3.05) is 58.4 Å². The fraction of sp³-hybridized carbons (Fsp3) is 0.571. The number of ether oxygens (including phenoxy) is 2. The van der Waals surface area contributed by atoms with E-state index in [1.54, 1.807) is 7.11 Å². The Kier molecular flexibility index (Phi) is 10.5. The van der Waals surface area contributed by atoms with Crippen LogP contribution < -0.4 is 5.32 Å². The number of H-pyrrole nitrogens is 1. The first-order valence-corrected chi connectivity index (χ1v) is 13.0. The minimum Gasteiger partial charge on any atom is -0.385 e. The Balaban J connectivity index is 0.000000623. The van der Waals surface area contributed by atoms with Crippen LogP contribution in [-0.2, 0) is 15.9 Å². The fourth-order valence-corrected chi connectivity index (χ4v) is 4.21. The highest BCUT2D eigenvalue weighted by Crippen LogP contribution is 2.32. The van der Waals surface area contributed by atoms with Gasteiger partial charge in [0.1, 0.15) is 5.82 Å². The Morgan fingerprint density at radius 3 is 2.57 bits per heavy atom. The third kappa shape index (κ3) is 7.26. The molecule has 0 unspecified atom stereocenters. The highest BCUT2D eigenvalue weighted by atomic mass is 16.5. The number of hydrogen-bond donors (Lipinski definition) is 2. The van der Waals surface area contributed by atoms with Gasteiger partial charge in [-0.3, -0.25) is 4.90 Å². The lowest BCUT2D eigenvalue weighted by Gasteiger charge is -2.26. The zero-order valence-electron chi connectivity index (χ0n) is 22.4. The SMILES string of the molecule is CCCOC.CCc1cc2[nH]cc(C)c2nc1-c1ccc(C(C)C)nc1NCCN1CCOCC1. The molecule has 7 heteroatoms. The van der Waals surface area contributed by atoms with E-state index in [0.29, 0.717) is 5.92 Å². The van der Waals surface area contributed by atoms with Gasteiger partial charge >= 0.3 is 0 Å². The summed E-state index contributed by atoms with van der Waals surface area (Å²) in [5.74, 6) is 1.32. The highest BCUT2D eigenvalue weighted by molar-refractivity contribution is 5.85. The Bertz CT molecular complexity index is 1050. The van der Waals surface area contributed by atoms with Crippen molar-refractivity contribution in [3.05, 3.63) is 41.2 Å². The van der Waals surface area contributed by atoms with Crippen LogP contribution in [0.4, 0.5) is 5.82 Å². The van der Waals surface area contributed by atoms with E-state index in [1.807, 2.05) is 6.20 Å². The summed E-state index contributed by atoms with van der Waals surface area (Å²) in [7, 11) is 1.71. The lowest BCUT2D eigenvalue weighted by Crippen LogP contribution is -2.39. The number of nitrogens with zero attached hydrogens (tertiary/aromatic N) is 3. The van der Waals surface area contributed by atoms with Crippen LogP contribution in [-0.4, -0.2) is 73.0 Å². The number of anilines is 1. The van der Waals surface area contributed by atoms with Gasteiger partial charge in [-0.15, -0.1) is 0 Å². The van der Waals surface area contributed by atoms with Gasteiger partial charge in [-0.05, 0) is 55.0 Å². The fourth-order valence-electron chi connectivity index (χ4n) is 4.21. The summed E-state index contributed by atoms with van der Waals surface area (Å²) >= 11 is 0.